The molecule has 0 aliphatic carbocycles. The summed E-state index contributed by atoms with van der Waals surface area (Å²) in [5.41, 5.74) is 1.44. The highest BCUT2D eigenvalue weighted by molar-refractivity contribution is 7.90. The Labute approximate surface area is 208 Å². The monoisotopic (exact) mass is 514 g/mol. The Morgan fingerprint density at radius 3 is 2.44 bits per heavy atom. The van der Waals surface area contributed by atoms with Crippen LogP contribution < -0.4 is 0 Å². The van der Waals surface area contributed by atoms with Crippen LogP contribution in [0.1, 0.15) is 29.7 Å². The number of halogens is 1. The topological polar surface area (TPSA) is 106 Å². The second kappa shape index (κ2) is 9.98. The molecule has 11 heteroatoms. The molecule has 2 unspecified atom stereocenters. The zero-order valence-electron chi connectivity index (χ0n) is 19.8. The normalized spacial score (nSPS) is 20.9. The predicted molar refractivity (Wildman–Crippen MR) is 129 cm³/mol. The molecule has 2 aliphatic rings. The summed E-state index contributed by atoms with van der Waals surface area (Å²) in [7, 11) is -3.31. The lowest BCUT2D eigenvalue weighted by Gasteiger charge is -2.40. The van der Waals surface area contributed by atoms with Crippen LogP contribution in [0, 0.1) is 5.82 Å². The fraction of sp³-hybridized carbons (Fsp3) is 0.400. The second-order valence-corrected chi connectivity index (χ2v) is 11.2. The van der Waals surface area contributed by atoms with E-state index in [0.29, 0.717) is 57.3 Å². The van der Waals surface area contributed by atoms with Crippen molar-refractivity contribution < 1.29 is 26.9 Å². The Kier molecular flexibility index (Phi) is 6.76. The van der Waals surface area contributed by atoms with Gasteiger partial charge in [-0.3, -0.25) is 0 Å². The first-order chi connectivity index (χ1) is 17.3. The fourth-order valence-electron chi connectivity index (χ4n) is 4.76. The van der Waals surface area contributed by atoms with Gasteiger partial charge in [-0.2, -0.15) is 4.98 Å². The summed E-state index contributed by atoms with van der Waals surface area (Å²) in [6.07, 6.45) is 1.81. The van der Waals surface area contributed by atoms with Crippen LogP contribution >= 0.6 is 0 Å². The van der Waals surface area contributed by atoms with Crippen LogP contribution in [0.3, 0.4) is 0 Å². The summed E-state index contributed by atoms with van der Waals surface area (Å²) >= 11 is 0. The zero-order chi connectivity index (χ0) is 25.3. The molecule has 5 rings (SSSR count). The van der Waals surface area contributed by atoms with Gasteiger partial charge < -0.3 is 19.1 Å². The number of sulfone groups is 1. The average molecular weight is 515 g/mol. The van der Waals surface area contributed by atoms with E-state index in [9.17, 15) is 17.6 Å². The van der Waals surface area contributed by atoms with Crippen LogP contribution in [0.25, 0.3) is 11.4 Å². The van der Waals surface area contributed by atoms with Crippen molar-refractivity contribution in [3.8, 4) is 11.4 Å². The summed E-state index contributed by atoms with van der Waals surface area (Å²) in [5, 5.41) is 4.05. The lowest BCUT2D eigenvalue weighted by Crippen LogP contribution is -2.52. The lowest BCUT2D eigenvalue weighted by molar-refractivity contribution is 0.0392. The smallest absolute Gasteiger partial charge is 0.320 e. The van der Waals surface area contributed by atoms with Crippen molar-refractivity contribution in [1.29, 1.82) is 0 Å². The highest BCUT2D eigenvalue weighted by atomic mass is 32.2. The maximum absolute atomic E-state index is 13.7. The molecule has 0 radical (unpaired) electrons. The lowest BCUT2D eigenvalue weighted by atomic mass is 9.84. The molecule has 3 heterocycles. The molecule has 2 aromatic carbocycles. The quantitative estimate of drug-likeness (QED) is 0.526. The Hall–Kier alpha value is -3.31. The van der Waals surface area contributed by atoms with E-state index in [1.807, 2.05) is 0 Å². The van der Waals surface area contributed by atoms with Crippen molar-refractivity contribution in [2.75, 3.05) is 45.6 Å². The molecule has 36 heavy (non-hydrogen) atoms. The van der Waals surface area contributed by atoms with E-state index in [2.05, 4.69) is 10.1 Å². The molecule has 2 fully saturated rings. The predicted octanol–water partition coefficient (Wildman–Crippen LogP) is 3.30. The zero-order valence-corrected chi connectivity index (χ0v) is 20.7. The maximum atomic E-state index is 13.7. The van der Waals surface area contributed by atoms with Gasteiger partial charge in [0.2, 0.25) is 11.7 Å². The first-order valence-electron chi connectivity index (χ1n) is 11.8. The molecule has 0 N–H and O–H groups in total. The molecule has 2 aliphatic heterocycles. The molecule has 2 saturated heterocycles. The number of likely N-dealkylation sites (tertiary alicyclic amines) is 1. The van der Waals surface area contributed by atoms with Crippen LogP contribution in [0.2, 0.25) is 0 Å². The molecule has 0 bridgehead atoms. The van der Waals surface area contributed by atoms with Gasteiger partial charge in [0.05, 0.1) is 24.0 Å². The van der Waals surface area contributed by atoms with Gasteiger partial charge in [-0.25, -0.2) is 17.6 Å². The number of morpholine rings is 1. The van der Waals surface area contributed by atoms with Gasteiger partial charge in [-0.05, 0) is 36.2 Å². The third-order valence-corrected chi connectivity index (χ3v) is 7.78. The largest absolute Gasteiger partial charge is 0.378 e. The highest BCUT2D eigenvalue weighted by Gasteiger charge is 2.36. The molecule has 3 aromatic rings. The molecule has 1 aromatic heterocycles. The molecule has 2 amide bonds. The molecule has 9 nitrogen and oxygen atoms in total. The third-order valence-electron chi connectivity index (χ3n) is 6.66. The van der Waals surface area contributed by atoms with Gasteiger partial charge in [0, 0.05) is 43.9 Å². The first-order valence-corrected chi connectivity index (χ1v) is 13.7. The number of aromatic nitrogens is 2. The third kappa shape index (κ3) is 5.26. The molecule has 190 valence electrons. The van der Waals surface area contributed by atoms with Gasteiger partial charge in [-0.1, -0.05) is 29.4 Å². The Morgan fingerprint density at radius 2 is 1.75 bits per heavy atom. The van der Waals surface area contributed by atoms with Crippen molar-refractivity contribution >= 4 is 15.9 Å². The van der Waals surface area contributed by atoms with Gasteiger partial charge in [0.15, 0.2) is 9.84 Å². The summed E-state index contributed by atoms with van der Waals surface area (Å²) in [4.78, 5) is 21.7. The maximum Gasteiger partial charge on any atom is 0.320 e. The number of amides is 2. The molecule has 0 spiro atoms. The second-order valence-electron chi connectivity index (χ2n) is 9.22. The van der Waals surface area contributed by atoms with E-state index < -0.39 is 15.7 Å². The number of piperidine rings is 1. The molecule has 2 atom stereocenters. The Balaban J connectivity index is 1.43. The van der Waals surface area contributed by atoms with Gasteiger partial charge in [0.1, 0.15) is 5.82 Å². The van der Waals surface area contributed by atoms with E-state index in [-0.39, 0.29) is 28.6 Å². The fourth-order valence-corrected chi connectivity index (χ4v) is 5.39. The van der Waals surface area contributed by atoms with Crippen molar-refractivity contribution in [2.24, 2.45) is 0 Å². The van der Waals surface area contributed by atoms with Crippen molar-refractivity contribution in [2.45, 2.75) is 23.2 Å². The molecular formula is C25H27FN4O5S. The van der Waals surface area contributed by atoms with Crippen LogP contribution in [0.5, 0.6) is 0 Å². The average Bonchev–Trinajstić information content (AvgIpc) is 3.39. The van der Waals surface area contributed by atoms with E-state index in [0.717, 1.165) is 5.56 Å². The number of hydrogen-bond donors (Lipinski definition) is 0. The molecular weight excluding hydrogens is 487 g/mol. The number of hydrogen-bond acceptors (Lipinski definition) is 7. The van der Waals surface area contributed by atoms with E-state index in [1.54, 1.807) is 46.2 Å². The summed E-state index contributed by atoms with van der Waals surface area (Å²) in [5.74, 6) is -0.0249. The van der Waals surface area contributed by atoms with Crippen LogP contribution in [-0.4, -0.2) is 80.0 Å². The van der Waals surface area contributed by atoms with Crippen LogP contribution in [0.15, 0.2) is 57.9 Å². The molecule has 0 saturated carbocycles. The summed E-state index contributed by atoms with van der Waals surface area (Å²) < 4.78 is 48.5. The minimum absolute atomic E-state index is 0.0631. The number of rotatable bonds is 4. The van der Waals surface area contributed by atoms with E-state index in [1.165, 1.54) is 18.4 Å². The van der Waals surface area contributed by atoms with E-state index in [4.69, 9.17) is 9.26 Å². The van der Waals surface area contributed by atoms with Crippen molar-refractivity contribution in [3.05, 3.63) is 65.8 Å². The minimum Gasteiger partial charge on any atom is -0.378 e. The number of benzene rings is 2. The first kappa shape index (κ1) is 24.4. The van der Waals surface area contributed by atoms with Gasteiger partial charge in [-0.15, -0.1) is 0 Å². The summed E-state index contributed by atoms with van der Waals surface area (Å²) in [6.45, 7) is 2.94. The number of ether oxygens (including phenoxy) is 1. The number of carbonyl (C=O) groups excluding carboxylic acids is 1. The Bertz CT molecular complexity index is 1340. The van der Waals surface area contributed by atoms with Gasteiger partial charge in [0.25, 0.3) is 0 Å². The number of carbonyl (C=O) groups is 1. The SMILES string of the molecule is CS(=O)(=O)c1ccc(C2CC(c3nc(-c4cccc(F)c4)no3)CN(C(=O)N3CCOCC3)C2)cc1. The number of urea groups is 1. The van der Waals surface area contributed by atoms with Crippen molar-refractivity contribution in [3.63, 3.8) is 0 Å². The van der Waals surface area contributed by atoms with Crippen LogP contribution in [-0.2, 0) is 14.6 Å². The highest BCUT2D eigenvalue weighted by Crippen LogP contribution is 2.36. The van der Waals surface area contributed by atoms with Gasteiger partial charge >= 0.3 is 6.03 Å². The number of nitrogens with zero attached hydrogens (tertiary/aromatic N) is 4. The standard InChI is InChI=1S/C25H27FN4O5S/c1-36(32,33)22-7-5-17(6-8-22)19-13-20(16-30(15-19)25(31)29-9-11-34-12-10-29)24-27-23(28-35-24)18-3-2-4-21(26)14-18/h2-8,14,19-20H,9-13,15-16H2,1H3. The minimum atomic E-state index is -3.31. The van der Waals surface area contributed by atoms with Crippen molar-refractivity contribution in [1.82, 2.24) is 19.9 Å². The van der Waals surface area contributed by atoms with Crippen LogP contribution in [0.4, 0.5) is 9.18 Å². The Morgan fingerprint density at radius 1 is 1.03 bits per heavy atom. The van der Waals surface area contributed by atoms with E-state index >= 15 is 0 Å². The summed E-state index contributed by atoms with van der Waals surface area (Å²) in [6, 6.07) is 12.7.